The number of aromatic amines is 1. The third-order valence-electron chi connectivity index (χ3n) is 4.35. The molecule has 0 bridgehead atoms. The number of fused-ring (bicyclic) bond motifs is 1. The van der Waals surface area contributed by atoms with E-state index in [1.165, 1.54) is 0 Å². The van der Waals surface area contributed by atoms with Crippen LogP contribution in [0.1, 0.15) is 12.8 Å². The lowest BCUT2D eigenvalue weighted by molar-refractivity contribution is 0.222. The molecule has 1 aliphatic rings. The van der Waals surface area contributed by atoms with Crippen LogP contribution in [-0.4, -0.2) is 44.8 Å². The van der Waals surface area contributed by atoms with E-state index < -0.39 is 0 Å². The molecule has 3 aromatic rings. The molecule has 1 aliphatic heterocycles. The van der Waals surface area contributed by atoms with E-state index in [0.717, 1.165) is 42.8 Å². The van der Waals surface area contributed by atoms with Crippen LogP contribution in [0.4, 0.5) is 5.82 Å². The van der Waals surface area contributed by atoms with E-state index in [0.29, 0.717) is 23.3 Å². The van der Waals surface area contributed by atoms with Gasteiger partial charge in [-0.05, 0) is 18.8 Å². The molecule has 4 heterocycles. The first-order chi connectivity index (χ1) is 11.8. The lowest BCUT2D eigenvalue weighted by Gasteiger charge is -2.32. The highest BCUT2D eigenvalue weighted by Crippen LogP contribution is 2.28. The quantitative estimate of drug-likeness (QED) is 0.783. The van der Waals surface area contributed by atoms with Crippen molar-refractivity contribution in [3.8, 4) is 5.75 Å². The van der Waals surface area contributed by atoms with E-state index >= 15 is 0 Å². The molecule has 0 radical (unpaired) electrons. The predicted molar refractivity (Wildman–Crippen MR) is 91.4 cm³/mol. The minimum Gasteiger partial charge on any atom is -0.492 e. The van der Waals surface area contributed by atoms with E-state index in [1.807, 2.05) is 0 Å². The standard InChI is InChI=1S/C16H17ClN6O/c17-13-8-18-4-1-14(13)24-9-11-2-5-23(6-3-11)16-12-7-21-22-15(12)19-10-20-16/h1,4,7-8,10-11H,2-3,5-6,9H2,(H,19,20,21,22). The van der Waals surface area contributed by atoms with Crippen molar-refractivity contribution in [1.82, 2.24) is 25.1 Å². The minimum atomic E-state index is 0.507. The van der Waals surface area contributed by atoms with Gasteiger partial charge in [-0.15, -0.1) is 0 Å². The molecule has 4 rings (SSSR count). The molecule has 1 N–H and O–H groups in total. The Bertz CT molecular complexity index is 830. The first-order valence-electron chi connectivity index (χ1n) is 7.92. The molecule has 7 nitrogen and oxygen atoms in total. The van der Waals surface area contributed by atoms with Gasteiger partial charge in [0.1, 0.15) is 22.9 Å². The summed E-state index contributed by atoms with van der Waals surface area (Å²) in [7, 11) is 0. The maximum atomic E-state index is 6.07. The molecule has 1 fully saturated rings. The minimum absolute atomic E-state index is 0.507. The number of aromatic nitrogens is 5. The number of hydrogen-bond acceptors (Lipinski definition) is 6. The number of pyridine rings is 1. The second-order valence-electron chi connectivity index (χ2n) is 5.88. The number of rotatable bonds is 4. The first kappa shape index (κ1) is 15.1. The maximum absolute atomic E-state index is 6.07. The van der Waals surface area contributed by atoms with E-state index in [1.54, 1.807) is 31.0 Å². The average molecular weight is 345 g/mol. The van der Waals surface area contributed by atoms with Gasteiger partial charge in [0.05, 0.1) is 18.2 Å². The van der Waals surface area contributed by atoms with Gasteiger partial charge in [0.2, 0.25) is 0 Å². The van der Waals surface area contributed by atoms with Crippen LogP contribution in [0, 0.1) is 5.92 Å². The summed E-state index contributed by atoms with van der Waals surface area (Å²) in [4.78, 5) is 14.9. The predicted octanol–water partition coefficient (Wildman–Crippen LogP) is 2.70. The molecule has 8 heteroatoms. The number of piperidine rings is 1. The zero-order valence-corrected chi connectivity index (χ0v) is 13.8. The smallest absolute Gasteiger partial charge is 0.160 e. The molecule has 0 atom stereocenters. The molecular formula is C16H17ClN6O. The Balaban J connectivity index is 1.37. The summed E-state index contributed by atoms with van der Waals surface area (Å²) < 4.78 is 5.84. The summed E-state index contributed by atoms with van der Waals surface area (Å²) in [6, 6.07) is 1.80. The van der Waals surface area contributed by atoms with Crippen LogP contribution < -0.4 is 9.64 Å². The zero-order chi connectivity index (χ0) is 16.4. The van der Waals surface area contributed by atoms with Crippen LogP contribution in [0.15, 0.2) is 31.0 Å². The van der Waals surface area contributed by atoms with E-state index in [9.17, 15) is 0 Å². The lowest BCUT2D eigenvalue weighted by atomic mass is 9.97. The summed E-state index contributed by atoms with van der Waals surface area (Å²) in [6.07, 6.45) is 8.75. The highest BCUT2D eigenvalue weighted by molar-refractivity contribution is 6.31. The fourth-order valence-corrected chi connectivity index (χ4v) is 3.18. The van der Waals surface area contributed by atoms with Gasteiger partial charge in [-0.3, -0.25) is 10.1 Å². The number of ether oxygens (including phenoxy) is 1. The summed E-state index contributed by atoms with van der Waals surface area (Å²) >= 11 is 6.07. The second kappa shape index (κ2) is 6.60. The number of nitrogens with zero attached hydrogens (tertiary/aromatic N) is 5. The van der Waals surface area contributed by atoms with Gasteiger partial charge in [-0.1, -0.05) is 11.6 Å². The van der Waals surface area contributed by atoms with Crippen LogP contribution >= 0.6 is 11.6 Å². The number of anilines is 1. The van der Waals surface area contributed by atoms with Crippen molar-refractivity contribution in [2.75, 3.05) is 24.6 Å². The molecule has 1 saturated heterocycles. The van der Waals surface area contributed by atoms with Gasteiger partial charge in [-0.2, -0.15) is 5.10 Å². The van der Waals surface area contributed by atoms with Crippen LogP contribution in [0.3, 0.4) is 0 Å². The summed E-state index contributed by atoms with van der Waals surface area (Å²) in [5.74, 6) is 2.16. The Kier molecular flexibility index (Phi) is 4.17. The number of halogens is 1. The summed E-state index contributed by atoms with van der Waals surface area (Å²) in [5, 5.41) is 8.46. The second-order valence-corrected chi connectivity index (χ2v) is 6.28. The SMILES string of the molecule is Clc1cnccc1OCC1CCN(c2ncnc3[nH]ncc23)CC1. The molecule has 0 saturated carbocycles. The monoisotopic (exact) mass is 344 g/mol. The van der Waals surface area contributed by atoms with E-state index in [2.05, 4.69) is 30.0 Å². The average Bonchev–Trinajstić information content (AvgIpc) is 3.10. The van der Waals surface area contributed by atoms with Crippen LogP contribution in [0.25, 0.3) is 11.0 Å². The van der Waals surface area contributed by atoms with Crippen LogP contribution in [-0.2, 0) is 0 Å². The molecule has 0 aromatic carbocycles. The van der Waals surface area contributed by atoms with Gasteiger partial charge in [0.15, 0.2) is 5.65 Å². The number of nitrogens with one attached hydrogen (secondary N) is 1. The van der Waals surface area contributed by atoms with Crippen LogP contribution in [0.5, 0.6) is 5.75 Å². The van der Waals surface area contributed by atoms with Gasteiger partial charge in [-0.25, -0.2) is 9.97 Å². The molecule has 3 aromatic heterocycles. The molecule has 124 valence electrons. The molecule has 24 heavy (non-hydrogen) atoms. The molecule has 0 unspecified atom stereocenters. The maximum Gasteiger partial charge on any atom is 0.160 e. The Morgan fingerprint density at radius 1 is 1.25 bits per heavy atom. The normalized spacial score (nSPS) is 15.8. The highest BCUT2D eigenvalue weighted by Gasteiger charge is 2.22. The van der Waals surface area contributed by atoms with Crippen molar-refractivity contribution in [3.05, 3.63) is 36.0 Å². The molecule has 0 aliphatic carbocycles. The Hall–Kier alpha value is -2.41. The van der Waals surface area contributed by atoms with E-state index in [-0.39, 0.29) is 0 Å². The van der Waals surface area contributed by atoms with Crippen molar-refractivity contribution in [1.29, 1.82) is 0 Å². The van der Waals surface area contributed by atoms with Crippen molar-refractivity contribution in [2.45, 2.75) is 12.8 Å². The van der Waals surface area contributed by atoms with Crippen molar-refractivity contribution < 1.29 is 4.74 Å². The topological polar surface area (TPSA) is 79.8 Å². The number of hydrogen-bond donors (Lipinski definition) is 1. The number of H-pyrrole nitrogens is 1. The molecule has 0 spiro atoms. The molecular weight excluding hydrogens is 328 g/mol. The lowest BCUT2D eigenvalue weighted by Crippen LogP contribution is -2.36. The van der Waals surface area contributed by atoms with Gasteiger partial charge in [0, 0.05) is 31.5 Å². The van der Waals surface area contributed by atoms with Gasteiger partial charge >= 0.3 is 0 Å². The Morgan fingerprint density at radius 2 is 2.12 bits per heavy atom. The first-order valence-corrected chi connectivity index (χ1v) is 8.30. The summed E-state index contributed by atoms with van der Waals surface area (Å²) in [6.45, 7) is 2.55. The van der Waals surface area contributed by atoms with E-state index in [4.69, 9.17) is 16.3 Å². The Morgan fingerprint density at radius 3 is 2.96 bits per heavy atom. The van der Waals surface area contributed by atoms with Crippen LogP contribution in [0.2, 0.25) is 5.02 Å². The largest absolute Gasteiger partial charge is 0.492 e. The Labute approximate surface area is 144 Å². The third-order valence-corrected chi connectivity index (χ3v) is 4.63. The zero-order valence-electron chi connectivity index (χ0n) is 13.0. The summed E-state index contributed by atoms with van der Waals surface area (Å²) in [5.41, 5.74) is 0.776. The van der Waals surface area contributed by atoms with Crippen molar-refractivity contribution in [2.24, 2.45) is 5.92 Å². The van der Waals surface area contributed by atoms with Gasteiger partial charge < -0.3 is 9.64 Å². The fourth-order valence-electron chi connectivity index (χ4n) is 3.00. The molecule has 0 amide bonds. The van der Waals surface area contributed by atoms with Crippen molar-refractivity contribution in [3.63, 3.8) is 0 Å². The highest BCUT2D eigenvalue weighted by atomic mass is 35.5. The third kappa shape index (κ3) is 2.99. The fraction of sp³-hybridized carbons (Fsp3) is 0.375. The van der Waals surface area contributed by atoms with Crippen molar-refractivity contribution >= 4 is 28.5 Å². The van der Waals surface area contributed by atoms with Gasteiger partial charge in [0.25, 0.3) is 0 Å².